The highest BCUT2D eigenvalue weighted by Gasteiger charge is 2.38. The van der Waals surface area contributed by atoms with E-state index in [4.69, 9.17) is 0 Å². The van der Waals surface area contributed by atoms with Crippen LogP contribution >= 0.6 is 0 Å². The number of allylic oxidation sites excluding steroid dienone is 2. The van der Waals surface area contributed by atoms with Gasteiger partial charge in [0.2, 0.25) is 0 Å². The Balaban J connectivity index is 1.44. The molecule has 6 unspecified atom stereocenters. The zero-order valence-corrected chi connectivity index (χ0v) is 12.1. The van der Waals surface area contributed by atoms with Crippen LogP contribution in [0, 0.1) is 29.6 Å². The second kappa shape index (κ2) is 5.36. The van der Waals surface area contributed by atoms with Gasteiger partial charge in [-0.05, 0) is 68.7 Å². The normalized spacial score (nSPS) is 44.4. The van der Waals surface area contributed by atoms with Gasteiger partial charge < -0.3 is 5.32 Å². The van der Waals surface area contributed by atoms with Gasteiger partial charge in [-0.3, -0.25) is 0 Å². The van der Waals surface area contributed by atoms with Crippen molar-refractivity contribution in [3.05, 3.63) is 12.2 Å². The first-order valence-corrected chi connectivity index (χ1v) is 8.14. The molecule has 0 spiro atoms. The van der Waals surface area contributed by atoms with Gasteiger partial charge in [-0.2, -0.15) is 0 Å². The molecule has 3 rings (SSSR count). The molecule has 3 aliphatic rings. The Labute approximate surface area is 112 Å². The van der Waals surface area contributed by atoms with E-state index in [1.54, 1.807) is 0 Å². The minimum Gasteiger partial charge on any atom is -0.314 e. The third kappa shape index (κ3) is 2.66. The van der Waals surface area contributed by atoms with E-state index in [-0.39, 0.29) is 0 Å². The number of fused-ring (bicyclic) bond motifs is 2. The molecule has 2 fully saturated rings. The van der Waals surface area contributed by atoms with Crippen LogP contribution in [0.15, 0.2) is 12.2 Å². The molecule has 3 aliphatic carbocycles. The molecule has 0 radical (unpaired) electrons. The molecule has 0 saturated heterocycles. The average Bonchev–Trinajstić information content (AvgIpc) is 2.98. The SMILES string of the molecule is CC1CCCC(CNC(C)C2CC3C=CC2C3)C1. The lowest BCUT2D eigenvalue weighted by Gasteiger charge is -2.31. The smallest absolute Gasteiger partial charge is 0.00729 e. The standard InChI is InChI=1S/C17H29N/c1-12-4-3-5-15(8-12)11-18-13(2)17-10-14-6-7-16(17)9-14/h6-7,12-18H,3-5,8-11H2,1-2H3. The van der Waals surface area contributed by atoms with Gasteiger partial charge >= 0.3 is 0 Å². The molecule has 2 bridgehead atoms. The molecule has 2 saturated carbocycles. The molecule has 6 atom stereocenters. The highest BCUT2D eigenvalue weighted by Crippen LogP contribution is 2.44. The summed E-state index contributed by atoms with van der Waals surface area (Å²) < 4.78 is 0. The summed E-state index contributed by atoms with van der Waals surface area (Å²) in [5.74, 6) is 4.64. The molecule has 1 nitrogen and oxygen atoms in total. The summed E-state index contributed by atoms with van der Waals surface area (Å²) >= 11 is 0. The zero-order chi connectivity index (χ0) is 12.5. The van der Waals surface area contributed by atoms with E-state index in [9.17, 15) is 0 Å². The summed E-state index contributed by atoms with van der Waals surface area (Å²) in [6, 6.07) is 0.724. The van der Waals surface area contributed by atoms with Crippen molar-refractivity contribution in [3.8, 4) is 0 Å². The van der Waals surface area contributed by atoms with E-state index in [0.29, 0.717) is 0 Å². The van der Waals surface area contributed by atoms with Gasteiger partial charge in [-0.1, -0.05) is 31.9 Å². The third-order valence-electron chi connectivity index (χ3n) is 5.75. The monoisotopic (exact) mass is 247 g/mol. The maximum atomic E-state index is 3.87. The van der Waals surface area contributed by atoms with E-state index in [2.05, 4.69) is 31.3 Å². The summed E-state index contributed by atoms with van der Waals surface area (Å²) in [7, 11) is 0. The van der Waals surface area contributed by atoms with E-state index in [1.807, 2.05) is 0 Å². The molecule has 0 aliphatic heterocycles. The van der Waals surface area contributed by atoms with Gasteiger partial charge in [0.15, 0.2) is 0 Å². The third-order valence-corrected chi connectivity index (χ3v) is 5.75. The first kappa shape index (κ1) is 12.7. The molecular weight excluding hydrogens is 218 g/mol. The number of rotatable bonds is 4. The Bertz CT molecular complexity index is 309. The fraction of sp³-hybridized carbons (Fsp3) is 0.882. The first-order valence-electron chi connectivity index (χ1n) is 8.14. The van der Waals surface area contributed by atoms with Crippen molar-refractivity contribution < 1.29 is 0 Å². The lowest BCUT2D eigenvalue weighted by Crippen LogP contribution is -2.39. The van der Waals surface area contributed by atoms with Crippen LogP contribution in [0.25, 0.3) is 0 Å². The lowest BCUT2D eigenvalue weighted by atomic mass is 9.82. The highest BCUT2D eigenvalue weighted by atomic mass is 14.9. The van der Waals surface area contributed by atoms with Crippen molar-refractivity contribution in [1.82, 2.24) is 5.32 Å². The number of nitrogens with one attached hydrogen (secondary N) is 1. The second-order valence-corrected chi connectivity index (χ2v) is 7.28. The Morgan fingerprint density at radius 1 is 1.17 bits per heavy atom. The van der Waals surface area contributed by atoms with Gasteiger partial charge in [0, 0.05) is 6.04 Å². The van der Waals surface area contributed by atoms with Crippen molar-refractivity contribution in [2.75, 3.05) is 6.54 Å². The highest BCUT2D eigenvalue weighted by molar-refractivity contribution is 5.11. The van der Waals surface area contributed by atoms with Crippen LogP contribution in [0.1, 0.15) is 52.4 Å². The summed E-state index contributed by atoms with van der Waals surface area (Å²) in [5, 5.41) is 3.87. The van der Waals surface area contributed by atoms with Gasteiger partial charge in [0.1, 0.15) is 0 Å². The summed E-state index contributed by atoms with van der Waals surface area (Å²) in [6.07, 6.45) is 13.7. The van der Waals surface area contributed by atoms with Crippen LogP contribution in [0.3, 0.4) is 0 Å². The molecule has 1 N–H and O–H groups in total. The minimum absolute atomic E-state index is 0.724. The Morgan fingerprint density at radius 3 is 2.72 bits per heavy atom. The average molecular weight is 247 g/mol. The molecule has 102 valence electrons. The number of hydrogen-bond donors (Lipinski definition) is 1. The van der Waals surface area contributed by atoms with E-state index >= 15 is 0 Å². The quantitative estimate of drug-likeness (QED) is 0.740. The molecule has 0 aromatic carbocycles. The van der Waals surface area contributed by atoms with Crippen LogP contribution in [0.5, 0.6) is 0 Å². The van der Waals surface area contributed by atoms with Crippen LogP contribution in [0.2, 0.25) is 0 Å². The molecular formula is C17H29N. The molecule has 0 aromatic rings. The maximum absolute atomic E-state index is 3.87. The van der Waals surface area contributed by atoms with Gasteiger partial charge in [-0.25, -0.2) is 0 Å². The molecule has 0 amide bonds. The zero-order valence-electron chi connectivity index (χ0n) is 12.1. The predicted octanol–water partition coefficient (Wildman–Crippen LogP) is 4.00. The molecule has 1 heteroatoms. The molecule has 0 heterocycles. The van der Waals surface area contributed by atoms with Crippen LogP contribution < -0.4 is 5.32 Å². The minimum atomic E-state index is 0.724. The lowest BCUT2D eigenvalue weighted by molar-refractivity contribution is 0.247. The van der Waals surface area contributed by atoms with Crippen molar-refractivity contribution in [1.29, 1.82) is 0 Å². The van der Waals surface area contributed by atoms with Crippen molar-refractivity contribution in [2.24, 2.45) is 29.6 Å². The summed E-state index contributed by atoms with van der Waals surface area (Å²) in [4.78, 5) is 0. The largest absolute Gasteiger partial charge is 0.314 e. The van der Waals surface area contributed by atoms with E-state index in [0.717, 1.165) is 35.6 Å². The van der Waals surface area contributed by atoms with Gasteiger partial charge in [0.25, 0.3) is 0 Å². The molecule has 18 heavy (non-hydrogen) atoms. The topological polar surface area (TPSA) is 12.0 Å². The van der Waals surface area contributed by atoms with Crippen LogP contribution in [0.4, 0.5) is 0 Å². The van der Waals surface area contributed by atoms with Gasteiger partial charge in [-0.15, -0.1) is 0 Å². The van der Waals surface area contributed by atoms with Crippen molar-refractivity contribution in [3.63, 3.8) is 0 Å². The van der Waals surface area contributed by atoms with Gasteiger partial charge in [0.05, 0.1) is 0 Å². The fourth-order valence-corrected chi connectivity index (χ4v) is 4.65. The van der Waals surface area contributed by atoms with Crippen molar-refractivity contribution in [2.45, 2.75) is 58.4 Å². The first-order chi connectivity index (χ1) is 8.72. The maximum Gasteiger partial charge on any atom is 0.00729 e. The number of hydrogen-bond acceptors (Lipinski definition) is 1. The van der Waals surface area contributed by atoms with Crippen molar-refractivity contribution >= 4 is 0 Å². The Morgan fingerprint density at radius 2 is 2.06 bits per heavy atom. The summed E-state index contributed by atoms with van der Waals surface area (Å²) in [5.41, 5.74) is 0. The fourth-order valence-electron chi connectivity index (χ4n) is 4.65. The van der Waals surface area contributed by atoms with Crippen LogP contribution in [-0.2, 0) is 0 Å². The van der Waals surface area contributed by atoms with Crippen LogP contribution in [-0.4, -0.2) is 12.6 Å². The second-order valence-electron chi connectivity index (χ2n) is 7.28. The van der Waals surface area contributed by atoms with E-state index in [1.165, 1.54) is 45.1 Å². The van der Waals surface area contributed by atoms with E-state index < -0.39 is 0 Å². The Kier molecular flexibility index (Phi) is 3.79. The molecule has 0 aromatic heterocycles. The predicted molar refractivity (Wildman–Crippen MR) is 77.4 cm³/mol. The Hall–Kier alpha value is -0.300. The summed E-state index contributed by atoms with van der Waals surface area (Å²) in [6.45, 7) is 6.12.